The van der Waals surface area contributed by atoms with Crippen LogP contribution in [0.4, 0.5) is 0 Å². The van der Waals surface area contributed by atoms with Gasteiger partial charge in [-0.05, 0) is 24.5 Å². The number of hydrogen-bond acceptors (Lipinski definition) is 1. The van der Waals surface area contributed by atoms with Gasteiger partial charge in [-0.3, -0.25) is 0 Å². The Labute approximate surface area is 116 Å². The first-order chi connectivity index (χ1) is 9.31. The average Bonchev–Trinajstić information content (AvgIpc) is 2.49. The van der Waals surface area contributed by atoms with Crippen LogP contribution in [0.25, 0.3) is 0 Å². The van der Waals surface area contributed by atoms with E-state index in [0.29, 0.717) is 12.0 Å². The summed E-state index contributed by atoms with van der Waals surface area (Å²) in [5, 5.41) is 3.63. The smallest absolute Gasteiger partial charge is 0.0214 e. The molecule has 0 spiro atoms. The van der Waals surface area contributed by atoms with Crippen LogP contribution in [0.5, 0.6) is 0 Å². The predicted molar refractivity (Wildman–Crippen MR) is 82.5 cm³/mol. The maximum Gasteiger partial charge on any atom is 0.0214 e. The molecule has 0 aliphatic rings. The summed E-state index contributed by atoms with van der Waals surface area (Å²) in [5.74, 6) is 0.427. The highest BCUT2D eigenvalue weighted by molar-refractivity contribution is 5.32. The van der Waals surface area contributed by atoms with E-state index in [-0.39, 0.29) is 0 Å². The fourth-order valence-electron chi connectivity index (χ4n) is 2.26. The molecule has 1 atom stereocenters. The van der Waals surface area contributed by atoms with Crippen LogP contribution >= 0.6 is 0 Å². The lowest BCUT2D eigenvalue weighted by Gasteiger charge is -2.21. The largest absolute Gasteiger partial charge is 0.313 e. The topological polar surface area (TPSA) is 12.0 Å². The first-order valence-corrected chi connectivity index (χ1v) is 7.14. The molecule has 0 fully saturated rings. The summed E-state index contributed by atoms with van der Waals surface area (Å²) in [6.07, 6.45) is 1.16. The van der Waals surface area contributed by atoms with E-state index in [4.69, 9.17) is 0 Å². The highest BCUT2D eigenvalue weighted by atomic mass is 14.9. The molecule has 0 radical (unpaired) electrons. The molecule has 0 saturated carbocycles. The summed E-state index contributed by atoms with van der Waals surface area (Å²) >= 11 is 0. The van der Waals surface area contributed by atoms with E-state index >= 15 is 0 Å². The minimum atomic E-state index is 0.427. The molecule has 100 valence electrons. The number of benzene rings is 2. The van der Waals surface area contributed by atoms with Crippen molar-refractivity contribution >= 4 is 0 Å². The standard InChI is InChI=1S/C18H23N/c1-3-15(2)19-14-18(16-10-6-4-7-11-16)17-12-8-5-9-13-17/h4-13,15,18-19H,3,14H2,1-2H3. The Hall–Kier alpha value is -1.60. The molecule has 0 aromatic heterocycles. The number of hydrogen-bond donors (Lipinski definition) is 1. The van der Waals surface area contributed by atoms with Gasteiger partial charge in [0.05, 0.1) is 0 Å². The summed E-state index contributed by atoms with van der Waals surface area (Å²) in [5.41, 5.74) is 2.76. The van der Waals surface area contributed by atoms with Crippen molar-refractivity contribution in [1.29, 1.82) is 0 Å². The molecule has 2 rings (SSSR count). The second kappa shape index (κ2) is 7.10. The fraction of sp³-hybridized carbons (Fsp3) is 0.333. The summed E-state index contributed by atoms with van der Waals surface area (Å²) < 4.78 is 0. The summed E-state index contributed by atoms with van der Waals surface area (Å²) in [7, 11) is 0. The van der Waals surface area contributed by atoms with Gasteiger partial charge in [-0.25, -0.2) is 0 Å². The van der Waals surface area contributed by atoms with Crippen LogP contribution in [0.2, 0.25) is 0 Å². The lowest BCUT2D eigenvalue weighted by atomic mass is 9.91. The molecule has 0 heterocycles. The van der Waals surface area contributed by atoms with Crippen LogP contribution in [0.15, 0.2) is 60.7 Å². The molecule has 1 unspecified atom stereocenters. The fourth-order valence-corrected chi connectivity index (χ4v) is 2.26. The Morgan fingerprint density at radius 1 is 0.842 bits per heavy atom. The average molecular weight is 253 g/mol. The van der Waals surface area contributed by atoms with E-state index in [2.05, 4.69) is 79.8 Å². The Balaban J connectivity index is 2.19. The molecule has 0 saturated heterocycles. The van der Waals surface area contributed by atoms with E-state index in [1.54, 1.807) is 0 Å². The summed E-state index contributed by atoms with van der Waals surface area (Å²) in [6.45, 7) is 5.45. The van der Waals surface area contributed by atoms with E-state index in [9.17, 15) is 0 Å². The van der Waals surface area contributed by atoms with E-state index < -0.39 is 0 Å². The van der Waals surface area contributed by atoms with Gasteiger partial charge in [-0.2, -0.15) is 0 Å². The van der Waals surface area contributed by atoms with E-state index in [1.165, 1.54) is 11.1 Å². The third-order valence-electron chi connectivity index (χ3n) is 3.69. The molecule has 2 aromatic rings. The molecule has 1 heteroatoms. The quantitative estimate of drug-likeness (QED) is 0.813. The summed E-state index contributed by atoms with van der Waals surface area (Å²) in [4.78, 5) is 0. The molecule has 0 amide bonds. The number of rotatable bonds is 6. The molecule has 1 N–H and O–H groups in total. The van der Waals surface area contributed by atoms with E-state index in [1.807, 2.05) is 0 Å². The van der Waals surface area contributed by atoms with Gasteiger partial charge >= 0.3 is 0 Å². The van der Waals surface area contributed by atoms with Crippen molar-refractivity contribution in [3.05, 3.63) is 71.8 Å². The maximum atomic E-state index is 3.63. The highest BCUT2D eigenvalue weighted by Gasteiger charge is 2.14. The molecular weight excluding hydrogens is 230 g/mol. The zero-order valence-corrected chi connectivity index (χ0v) is 11.8. The van der Waals surface area contributed by atoms with Crippen LogP contribution < -0.4 is 5.32 Å². The third kappa shape index (κ3) is 3.93. The molecule has 1 nitrogen and oxygen atoms in total. The highest BCUT2D eigenvalue weighted by Crippen LogP contribution is 2.23. The Kier molecular flexibility index (Phi) is 5.17. The minimum Gasteiger partial charge on any atom is -0.313 e. The first-order valence-electron chi connectivity index (χ1n) is 7.14. The SMILES string of the molecule is CCC(C)NCC(c1ccccc1)c1ccccc1. The lowest BCUT2D eigenvalue weighted by molar-refractivity contribution is 0.517. The van der Waals surface area contributed by atoms with Crippen molar-refractivity contribution in [3.8, 4) is 0 Å². The van der Waals surface area contributed by atoms with Crippen LogP contribution in [-0.2, 0) is 0 Å². The van der Waals surface area contributed by atoms with Gasteiger partial charge in [-0.15, -0.1) is 0 Å². The first kappa shape index (κ1) is 13.8. The lowest BCUT2D eigenvalue weighted by Crippen LogP contribution is -2.30. The molecule has 2 aromatic carbocycles. The van der Waals surface area contributed by atoms with Gasteiger partial charge in [0.15, 0.2) is 0 Å². The Bertz CT molecular complexity index is 424. The zero-order valence-electron chi connectivity index (χ0n) is 11.8. The van der Waals surface area contributed by atoms with Crippen molar-refractivity contribution in [1.82, 2.24) is 5.32 Å². The van der Waals surface area contributed by atoms with Crippen LogP contribution in [0, 0.1) is 0 Å². The predicted octanol–water partition coefficient (Wildman–Crippen LogP) is 4.21. The van der Waals surface area contributed by atoms with E-state index in [0.717, 1.165) is 13.0 Å². The molecule has 19 heavy (non-hydrogen) atoms. The Morgan fingerprint density at radius 2 is 1.32 bits per heavy atom. The van der Waals surface area contributed by atoms with Crippen LogP contribution in [0.1, 0.15) is 37.3 Å². The van der Waals surface area contributed by atoms with Crippen molar-refractivity contribution in [2.45, 2.75) is 32.2 Å². The summed E-state index contributed by atoms with van der Waals surface area (Å²) in [6, 6.07) is 22.1. The van der Waals surface area contributed by atoms with Crippen molar-refractivity contribution in [3.63, 3.8) is 0 Å². The monoisotopic (exact) mass is 253 g/mol. The third-order valence-corrected chi connectivity index (χ3v) is 3.69. The minimum absolute atomic E-state index is 0.427. The van der Waals surface area contributed by atoms with Gasteiger partial charge in [0, 0.05) is 18.5 Å². The molecule has 0 aliphatic carbocycles. The number of nitrogens with one attached hydrogen (secondary N) is 1. The van der Waals surface area contributed by atoms with Gasteiger partial charge in [0.1, 0.15) is 0 Å². The molecule has 0 bridgehead atoms. The van der Waals surface area contributed by atoms with Crippen molar-refractivity contribution < 1.29 is 0 Å². The van der Waals surface area contributed by atoms with Gasteiger partial charge in [0.25, 0.3) is 0 Å². The van der Waals surface area contributed by atoms with Crippen LogP contribution in [-0.4, -0.2) is 12.6 Å². The molecular formula is C18H23N. The second-order valence-electron chi connectivity index (χ2n) is 5.09. The van der Waals surface area contributed by atoms with Gasteiger partial charge < -0.3 is 5.32 Å². The zero-order chi connectivity index (χ0) is 13.5. The maximum absolute atomic E-state index is 3.63. The van der Waals surface area contributed by atoms with Gasteiger partial charge in [-0.1, -0.05) is 67.6 Å². The van der Waals surface area contributed by atoms with Gasteiger partial charge in [0.2, 0.25) is 0 Å². The van der Waals surface area contributed by atoms with Crippen LogP contribution in [0.3, 0.4) is 0 Å². The van der Waals surface area contributed by atoms with Crippen molar-refractivity contribution in [2.24, 2.45) is 0 Å². The van der Waals surface area contributed by atoms with Crippen molar-refractivity contribution in [2.75, 3.05) is 6.54 Å². The molecule has 0 aliphatic heterocycles. The second-order valence-corrected chi connectivity index (χ2v) is 5.09. The normalized spacial score (nSPS) is 12.6. The Morgan fingerprint density at radius 3 is 1.74 bits per heavy atom.